The lowest BCUT2D eigenvalue weighted by Gasteiger charge is -2.11. The van der Waals surface area contributed by atoms with E-state index in [1.54, 1.807) is 42.1 Å². The molecule has 2 N–H and O–H groups in total. The summed E-state index contributed by atoms with van der Waals surface area (Å²) in [6.07, 6.45) is 0. The average Bonchev–Trinajstić information content (AvgIpc) is 2.83. The van der Waals surface area contributed by atoms with Gasteiger partial charge in [0.15, 0.2) is 12.3 Å². The van der Waals surface area contributed by atoms with Gasteiger partial charge in [0.05, 0.1) is 11.1 Å². The summed E-state index contributed by atoms with van der Waals surface area (Å²) < 4.78 is 5.14. The number of fused-ring (bicyclic) bond motifs is 1. The average molecular weight is 446 g/mol. The van der Waals surface area contributed by atoms with Crippen molar-refractivity contribution in [2.75, 3.05) is 11.9 Å². The first-order valence-corrected chi connectivity index (χ1v) is 10.8. The van der Waals surface area contributed by atoms with Gasteiger partial charge in [-0.15, -0.1) is 11.8 Å². The second-order valence-electron chi connectivity index (χ2n) is 6.84. The number of hydrogen-bond acceptors (Lipinski definition) is 6. The molecule has 0 saturated carbocycles. The van der Waals surface area contributed by atoms with Crippen molar-refractivity contribution in [3.63, 3.8) is 0 Å². The summed E-state index contributed by atoms with van der Waals surface area (Å²) >= 11 is 1.60. The number of aromatic nitrogens is 2. The highest BCUT2D eigenvalue weighted by molar-refractivity contribution is 7.98. The lowest BCUT2D eigenvalue weighted by atomic mass is 10.1. The van der Waals surface area contributed by atoms with Crippen LogP contribution >= 0.6 is 11.8 Å². The fourth-order valence-electron chi connectivity index (χ4n) is 3.09. The number of thioether (sulfide) groups is 1. The number of rotatable bonds is 7. The minimum atomic E-state index is -0.792. The van der Waals surface area contributed by atoms with Crippen LogP contribution in [0.5, 0.6) is 0 Å². The fourth-order valence-corrected chi connectivity index (χ4v) is 4.05. The first-order chi connectivity index (χ1) is 15.6. The monoisotopic (exact) mass is 445 g/mol. The summed E-state index contributed by atoms with van der Waals surface area (Å²) in [5, 5.41) is 9.54. The third-order valence-corrected chi connectivity index (χ3v) is 5.77. The normalized spacial score (nSPS) is 10.6. The van der Waals surface area contributed by atoms with Crippen molar-refractivity contribution in [1.82, 2.24) is 10.2 Å². The predicted molar refractivity (Wildman–Crippen MR) is 124 cm³/mol. The van der Waals surface area contributed by atoms with Gasteiger partial charge in [0, 0.05) is 16.0 Å². The van der Waals surface area contributed by atoms with E-state index >= 15 is 0 Å². The summed E-state index contributed by atoms with van der Waals surface area (Å²) in [5.41, 5.74) is 1.36. The van der Waals surface area contributed by atoms with Gasteiger partial charge < -0.3 is 10.1 Å². The first-order valence-electron chi connectivity index (χ1n) is 9.82. The number of carbonyl (C=O) groups is 2. The van der Waals surface area contributed by atoms with Crippen LogP contribution in [-0.4, -0.2) is 28.7 Å². The Kier molecular flexibility index (Phi) is 6.62. The van der Waals surface area contributed by atoms with E-state index in [1.807, 2.05) is 48.5 Å². The van der Waals surface area contributed by atoms with Crippen LogP contribution in [0.15, 0.2) is 88.6 Å². The number of ether oxygens (including phenoxy) is 1. The highest BCUT2D eigenvalue weighted by Gasteiger charge is 2.17. The van der Waals surface area contributed by atoms with Crippen molar-refractivity contribution in [2.24, 2.45) is 0 Å². The van der Waals surface area contributed by atoms with Crippen molar-refractivity contribution in [1.29, 1.82) is 0 Å². The molecule has 0 spiro atoms. The highest BCUT2D eigenvalue weighted by atomic mass is 32.2. The summed E-state index contributed by atoms with van der Waals surface area (Å²) in [6.45, 7) is -0.481. The molecular weight excluding hydrogens is 426 g/mol. The number of anilines is 1. The molecule has 7 nitrogen and oxygen atoms in total. The van der Waals surface area contributed by atoms with Crippen molar-refractivity contribution >= 4 is 40.1 Å². The van der Waals surface area contributed by atoms with Gasteiger partial charge in [0.1, 0.15) is 0 Å². The molecule has 0 saturated heterocycles. The maximum Gasteiger partial charge on any atom is 0.359 e. The number of H-pyrrole nitrogens is 1. The second-order valence-corrected chi connectivity index (χ2v) is 7.86. The van der Waals surface area contributed by atoms with Crippen LogP contribution in [0.1, 0.15) is 16.1 Å². The van der Waals surface area contributed by atoms with Crippen molar-refractivity contribution < 1.29 is 14.3 Å². The molecule has 1 aromatic heterocycles. The smallest absolute Gasteiger partial charge is 0.359 e. The van der Waals surface area contributed by atoms with Gasteiger partial charge in [0.2, 0.25) is 0 Å². The molecule has 0 fully saturated rings. The maximum absolute atomic E-state index is 12.5. The van der Waals surface area contributed by atoms with Gasteiger partial charge in [-0.05, 0) is 23.8 Å². The van der Waals surface area contributed by atoms with Gasteiger partial charge in [-0.2, -0.15) is 5.10 Å². The van der Waals surface area contributed by atoms with Gasteiger partial charge in [0.25, 0.3) is 11.5 Å². The first kappa shape index (κ1) is 21.3. The van der Waals surface area contributed by atoms with Gasteiger partial charge in [-0.1, -0.05) is 60.7 Å². The standard InChI is InChI=1S/C24H19N3O4S/c28-21(14-31-24(30)22-17-10-4-5-11-18(17)23(29)27-26-22)25-19-12-6-7-13-20(19)32-15-16-8-2-1-3-9-16/h1-13H,14-15H2,(H,25,28)(H,27,29). The Morgan fingerprint density at radius 1 is 0.906 bits per heavy atom. The Hall–Kier alpha value is -3.91. The molecule has 4 aromatic rings. The topological polar surface area (TPSA) is 101 Å². The van der Waals surface area contributed by atoms with Crippen molar-refractivity contribution in [2.45, 2.75) is 10.6 Å². The highest BCUT2D eigenvalue weighted by Crippen LogP contribution is 2.29. The summed E-state index contributed by atoms with van der Waals surface area (Å²) in [4.78, 5) is 37.6. The summed E-state index contributed by atoms with van der Waals surface area (Å²) in [7, 11) is 0. The van der Waals surface area contributed by atoms with Crippen LogP contribution in [0.2, 0.25) is 0 Å². The van der Waals surface area contributed by atoms with Crippen LogP contribution in [0.25, 0.3) is 10.8 Å². The number of carbonyl (C=O) groups excluding carboxylic acids is 2. The zero-order chi connectivity index (χ0) is 22.3. The molecule has 3 aromatic carbocycles. The Labute approximate surface area is 187 Å². The molecule has 0 aliphatic heterocycles. The van der Waals surface area contributed by atoms with Crippen LogP contribution in [0.3, 0.4) is 0 Å². The van der Waals surface area contributed by atoms with Crippen molar-refractivity contribution in [3.8, 4) is 0 Å². The Morgan fingerprint density at radius 3 is 2.41 bits per heavy atom. The van der Waals surface area contributed by atoms with Crippen LogP contribution in [0, 0.1) is 0 Å². The number of para-hydroxylation sites is 1. The summed E-state index contributed by atoms with van der Waals surface area (Å²) in [5.74, 6) is -0.507. The second kappa shape index (κ2) is 9.93. The fraction of sp³-hybridized carbons (Fsp3) is 0.0833. The quantitative estimate of drug-likeness (QED) is 0.329. The van der Waals surface area contributed by atoms with Crippen LogP contribution < -0.4 is 10.9 Å². The summed E-state index contributed by atoms with van der Waals surface area (Å²) in [6, 6.07) is 24.0. The van der Waals surface area contributed by atoms with Crippen LogP contribution in [-0.2, 0) is 15.3 Å². The minimum Gasteiger partial charge on any atom is -0.451 e. The molecule has 0 atom stereocenters. The van der Waals surface area contributed by atoms with E-state index in [1.165, 1.54) is 5.56 Å². The molecule has 0 unspecified atom stereocenters. The maximum atomic E-state index is 12.5. The number of aromatic amines is 1. The van der Waals surface area contributed by atoms with Gasteiger partial charge in [-0.3, -0.25) is 9.59 Å². The number of nitrogens with zero attached hydrogens (tertiary/aromatic N) is 1. The zero-order valence-corrected chi connectivity index (χ0v) is 17.7. The largest absolute Gasteiger partial charge is 0.451 e. The molecule has 160 valence electrons. The Morgan fingerprint density at radius 2 is 1.59 bits per heavy atom. The third-order valence-electron chi connectivity index (χ3n) is 4.62. The molecule has 1 amide bonds. The van der Waals surface area contributed by atoms with E-state index in [9.17, 15) is 14.4 Å². The number of nitrogens with one attached hydrogen (secondary N) is 2. The van der Waals surface area contributed by atoms with E-state index < -0.39 is 24.0 Å². The Bertz CT molecular complexity index is 1320. The van der Waals surface area contributed by atoms with Gasteiger partial charge in [-0.25, -0.2) is 9.89 Å². The molecule has 4 rings (SSSR count). The molecule has 1 heterocycles. The lowest BCUT2D eigenvalue weighted by Crippen LogP contribution is -2.23. The lowest BCUT2D eigenvalue weighted by molar-refractivity contribution is -0.119. The molecular formula is C24H19N3O4S. The van der Waals surface area contributed by atoms with Crippen LogP contribution in [0.4, 0.5) is 5.69 Å². The zero-order valence-electron chi connectivity index (χ0n) is 16.9. The Balaban J connectivity index is 1.39. The van der Waals surface area contributed by atoms with E-state index in [0.29, 0.717) is 16.5 Å². The SMILES string of the molecule is O=C(COC(=O)c1n[nH]c(=O)c2ccccc12)Nc1ccccc1SCc1ccccc1. The molecule has 0 radical (unpaired) electrons. The third kappa shape index (κ3) is 5.04. The molecule has 0 aliphatic rings. The van der Waals surface area contributed by atoms with E-state index in [-0.39, 0.29) is 5.69 Å². The number of benzene rings is 3. The van der Waals surface area contributed by atoms with E-state index in [0.717, 1.165) is 10.6 Å². The molecule has 8 heteroatoms. The van der Waals surface area contributed by atoms with E-state index in [4.69, 9.17) is 4.74 Å². The number of hydrogen-bond donors (Lipinski definition) is 2. The number of esters is 1. The number of amides is 1. The predicted octanol–water partition coefficient (Wildman–Crippen LogP) is 4.01. The minimum absolute atomic E-state index is 0.0492. The molecule has 32 heavy (non-hydrogen) atoms. The van der Waals surface area contributed by atoms with Crippen molar-refractivity contribution in [3.05, 3.63) is 100 Å². The van der Waals surface area contributed by atoms with Gasteiger partial charge >= 0.3 is 5.97 Å². The molecule has 0 aliphatic carbocycles. The van der Waals surface area contributed by atoms with E-state index in [2.05, 4.69) is 15.5 Å². The molecule has 0 bridgehead atoms.